The van der Waals surface area contributed by atoms with Crippen LogP contribution < -0.4 is 5.32 Å². The number of hydrogen-bond acceptors (Lipinski definition) is 3. The minimum Gasteiger partial charge on any atom is -0.324 e. The third kappa shape index (κ3) is 4.27. The van der Waals surface area contributed by atoms with Gasteiger partial charge in [-0.15, -0.1) is 0 Å². The first-order valence-electron chi connectivity index (χ1n) is 10.4. The number of anilines is 1. The molecule has 4 rings (SSSR count). The van der Waals surface area contributed by atoms with E-state index in [1.54, 1.807) is 24.3 Å². The smallest absolute Gasteiger partial charge is 0.244 e. The fourth-order valence-electron chi connectivity index (χ4n) is 3.99. The number of fused-ring (bicyclic) bond motifs is 1. The summed E-state index contributed by atoms with van der Waals surface area (Å²) >= 11 is 0. The Morgan fingerprint density at radius 3 is 2.32 bits per heavy atom. The number of benzene rings is 3. The van der Waals surface area contributed by atoms with E-state index in [1.165, 1.54) is 4.31 Å². The maximum atomic E-state index is 13.5. The van der Waals surface area contributed by atoms with Gasteiger partial charge in [-0.05, 0) is 54.7 Å². The highest BCUT2D eigenvalue weighted by atomic mass is 32.2. The van der Waals surface area contributed by atoms with Crippen LogP contribution in [0.1, 0.15) is 29.2 Å². The molecule has 0 unspecified atom stereocenters. The fourth-order valence-corrected chi connectivity index (χ4v) is 5.55. The lowest BCUT2D eigenvalue weighted by Crippen LogP contribution is -2.50. The van der Waals surface area contributed by atoms with E-state index in [2.05, 4.69) is 5.32 Å². The second kappa shape index (κ2) is 8.65. The van der Waals surface area contributed by atoms with Crippen molar-refractivity contribution in [3.63, 3.8) is 0 Å². The van der Waals surface area contributed by atoms with Crippen LogP contribution in [0, 0.1) is 6.92 Å². The molecule has 6 heteroatoms. The quantitative estimate of drug-likeness (QED) is 0.651. The number of carbonyl (C=O) groups is 1. The Morgan fingerprint density at radius 1 is 0.968 bits per heavy atom. The largest absolute Gasteiger partial charge is 0.324 e. The highest BCUT2D eigenvalue weighted by Crippen LogP contribution is 2.30. The lowest BCUT2D eigenvalue weighted by Gasteiger charge is -2.35. The van der Waals surface area contributed by atoms with Gasteiger partial charge in [0.2, 0.25) is 15.9 Å². The number of nitrogens with one attached hydrogen (secondary N) is 1. The number of sulfonamides is 1. The van der Waals surface area contributed by atoms with Crippen LogP contribution in [0.3, 0.4) is 0 Å². The minimum absolute atomic E-state index is 0.167. The Morgan fingerprint density at radius 2 is 1.61 bits per heavy atom. The Hall–Kier alpha value is -2.96. The lowest BCUT2D eigenvalue weighted by atomic mass is 9.95. The van der Waals surface area contributed by atoms with Crippen molar-refractivity contribution in [3.8, 4) is 0 Å². The Balaban J connectivity index is 1.72. The summed E-state index contributed by atoms with van der Waals surface area (Å²) in [5, 5.41) is 2.98. The van der Waals surface area contributed by atoms with Gasteiger partial charge in [0.25, 0.3) is 0 Å². The lowest BCUT2D eigenvalue weighted by molar-refractivity contribution is -0.120. The van der Waals surface area contributed by atoms with Crippen LogP contribution in [0.2, 0.25) is 0 Å². The van der Waals surface area contributed by atoms with Crippen molar-refractivity contribution in [2.24, 2.45) is 0 Å². The van der Waals surface area contributed by atoms with Crippen molar-refractivity contribution in [3.05, 3.63) is 95.1 Å². The Bertz CT molecular complexity index is 1200. The predicted molar refractivity (Wildman–Crippen MR) is 122 cm³/mol. The molecule has 0 aliphatic carbocycles. The molecule has 1 aliphatic rings. The average Bonchev–Trinajstić information content (AvgIpc) is 2.78. The fraction of sp³-hybridized carbons (Fsp3) is 0.240. The molecule has 0 spiro atoms. The van der Waals surface area contributed by atoms with Gasteiger partial charge in [-0.3, -0.25) is 4.79 Å². The van der Waals surface area contributed by atoms with E-state index in [9.17, 15) is 13.2 Å². The molecule has 0 saturated heterocycles. The molecule has 0 radical (unpaired) electrons. The second-order valence-corrected chi connectivity index (χ2v) is 9.74. The van der Waals surface area contributed by atoms with E-state index in [4.69, 9.17) is 0 Å². The van der Waals surface area contributed by atoms with Crippen molar-refractivity contribution < 1.29 is 13.2 Å². The number of rotatable bonds is 5. The van der Waals surface area contributed by atoms with Gasteiger partial charge < -0.3 is 5.32 Å². The molecule has 1 aliphatic heterocycles. The number of hydrogen-bond donors (Lipinski definition) is 1. The number of aryl methyl sites for hydroxylation is 2. The highest BCUT2D eigenvalue weighted by Gasteiger charge is 2.39. The van der Waals surface area contributed by atoms with Crippen LogP contribution in [0.5, 0.6) is 0 Å². The third-order valence-corrected chi connectivity index (χ3v) is 7.66. The number of amides is 1. The molecule has 1 N–H and O–H groups in total. The molecule has 31 heavy (non-hydrogen) atoms. The summed E-state index contributed by atoms with van der Waals surface area (Å²) in [7, 11) is -3.85. The number of carbonyl (C=O) groups excluding carboxylic acids is 1. The van der Waals surface area contributed by atoms with Crippen molar-refractivity contribution in [1.82, 2.24) is 4.31 Å². The van der Waals surface area contributed by atoms with Crippen LogP contribution in [-0.4, -0.2) is 24.7 Å². The summed E-state index contributed by atoms with van der Waals surface area (Å²) < 4.78 is 28.4. The molecule has 3 aromatic rings. The van der Waals surface area contributed by atoms with Gasteiger partial charge in [-0.25, -0.2) is 8.42 Å². The molecular weight excluding hydrogens is 408 g/mol. The maximum Gasteiger partial charge on any atom is 0.244 e. The SMILES string of the molecule is CCc1ccccc1NC(=O)[C@@H]1Cc2ccccc2CN1S(=O)(=O)c1ccc(C)cc1. The van der Waals surface area contributed by atoms with E-state index in [-0.39, 0.29) is 17.3 Å². The average molecular weight is 435 g/mol. The van der Waals surface area contributed by atoms with Crippen molar-refractivity contribution in [1.29, 1.82) is 0 Å². The van der Waals surface area contributed by atoms with Gasteiger partial charge in [0.15, 0.2) is 0 Å². The molecule has 160 valence electrons. The van der Waals surface area contributed by atoms with E-state index in [0.717, 1.165) is 34.4 Å². The molecule has 3 aromatic carbocycles. The van der Waals surface area contributed by atoms with Crippen molar-refractivity contribution in [2.75, 3.05) is 5.32 Å². The van der Waals surface area contributed by atoms with E-state index in [1.807, 2.05) is 62.4 Å². The zero-order valence-electron chi connectivity index (χ0n) is 17.7. The maximum absolute atomic E-state index is 13.5. The van der Waals surface area contributed by atoms with Crippen LogP contribution in [0.25, 0.3) is 0 Å². The van der Waals surface area contributed by atoms with Crippen molar-refractivity contribution in [2.45, 2.75) is 44.2 Å². The zero-order valence-corrected chi connectivity index (χ0v) is 18.5. The number of nitrogens with zero attached hydrogens (tertiary/aromatic N) is 1. The summed E-state index contributed by atoms with van der Waals surface area (Å²) in [5.74, 6) is -0.314. The molecule has 1 atom stereocenters. The van der Waals surface area contributed by atoms with Crippen molar-refractivity contribution >= 4 is 21.6 Å². The van der Waals surface area contributed by atoms with Gasteiger partial charge in [-0.1, -0.05) is 67.1 Å². The molecule has 0 fully saturated rings. The van der Waals surface area contributed by atoms with Gasteiger partial charge in [-0.2, -0.15) is 4.31 Å². The summed E-state index contributed by atoms with van der Waals surface area (Å²) in [5.41, 5.74) is 4.65. The molecule has 0 aromatic heterocycles. The molecule has 0 saturated carbocycles. The van der Waals surface area contributed by atoms with Crippen LogP contribution in [-0.2, 0) is 34.2 Å². The van der Waals surface area contributed by atoms with Gasteiger partial charge in [0, 0.05) is 12.2 Å². The zero-order chi connectivity index (χ0) is 22.0. The molecule has 1 heterocycles. The van der Waals surface area contributed by atoms with Gasteiger partial charge in [0.05, 0.1) is 4.90 Å². The highest BCUT2D eigenvalue weighted by molar-refractivity contribution is 7.89. The molecule has 0 bridgehead atoms. The normalized spacial score (nSPS) is 16.5. The van der Waals surface area contributed by atoms with E-state index < -0.39 is 16.1 Å². The van der Waals surface area contributed by atoms with E-state index in [0.29, 0.717) is 6.42 Å². The summed E-state index contributed by atoms with van der Waals surface area (Å²) in [6.07, 6.45) is 1.11. The van der Waals surface area contributed by atoms with Gasteiger partial charge in [0.1, 0.15) is 6.04 Å². The predicted octanol–water partition coefficient (Wildman–Crippen LogP) is 4.31. The molecule has 1 amide bonds. The Kier molecular flexibility index (Phi) is 5.94. The van der Waals surface area contributed by atoms with Gasteiger partial charge >= 0.3 is 0 Å². The van der Waals surface area contributed by atoms with E-state index >= 15 is 0 Å². The van der Waals surface area contributed by atoms with Crippen LogP contribution in [0.15, 0.2) is 77.7 Å². The summed E-state index contributed by atoms with van der Waals surface area (Å²) in [4.78, 5) is 13.6. The van der Waals surface area contributed by atoms with Crippen LogP contribution >= 0.6 is 0 Å². The Labute approximate surface area is 183 Å². The standard InChI is InChI=1S/C25H26N2O3S/c1-3-19-8-6-7-11-23(19)26-25(28)24-16-20-9-4-5-10-21(20)17-27(24)31(29,30)22-14-12-18(2)13-15-22/h4-15,24H,3,16-17H2,1-2H3,(H,26,28)/t24-/m0/s1. The molecule has 5 nitrogen and oxygen atoms in total. The second-order valence-electron chi connectivity index (χ2n) is 7.85. The topological polar surface area (TPSA) is 66.5 Å². The first-order chi connectivity index (χ1) is 14.9. The first-order valence-corrected chi connectivity index (χ1v) is 11.9. The summed E-state index contributed by atoms with van der Waals surface area (Å²) in [6, 6.07) is 21.3. The molecular formula is C25H26N2O3S. The monoisotopic (exact) mass is 434 g/mol. The first kappa shape index (κ1) is 21.3. The third-order valence-electron chi connectivity index (χ3n) is 5.79. The number of para-hydroxylation sites is 1. The van der Waals surface area contributed by atoms with Crippen LogP contribution in [0.4, 0.5) is 5.69 Å². The minimum atomic E-state index is -3.85. The summed E-state index contributed by atoms with van der Waals surface area (Å²) in [6.45, 7) is 4.10.